The van der Waals surface area contributed by atoms with E-state index < -0.39 is 12.7 Å². The zero-order valence-electron chi connectivity index (χ0n) is 9.97. The van der Waals surface area contributed by atoms with E-state index in [0.29, 0.717) is 5.56 Å². The van der Waals surface area contributed by atoms with Crippen LogP contribution >= 0.6 is 0 Å². The first-order chi connectivity index (χ1) is 8.38. The maximum Gasteiger partial charge on any atom is 0.401 e. The third kappa shape index (κ3) is 5.67. The van der Waals surface area contributed by atoms with Gasteiger partial charge in [0.2, 0.25) is 0 Å². The summed E-state index contributed by atoms with van der Waals surface area (Å²) < 4.78 is 35.4. The molecule has 0 heterocycles. The van der Waals surface area contributed by atoms with Crippen LogP contribution in [-0.4, -0.2) is 31.7 Å². The minimum atomic E-state index is -4.22. The van der Waals surface area contributed by atoms with Crippen molar-refractivity contribution < 1.29 is 18.0 Å². The van der Waals surface area contributed by atoms with Crippen molar-refractivity contribution in [2.24, 2.45) is 0 Å². The number of alkyl halides is 3. The van der Waals surface area contributed by atoms with E-state index in [0.717, 1.165) is 5.56 Å². The number of hydrogen-bond acceptors (Lipinski definition) is 2. The Bertz CT molecular complexity index is 387. The molecule has 1 aromatic rings. The summed E-state index contributed by atoms with van der Waals surface area (Å²) in [6.45, 7) is 1.09. The van der Waals surface area contributed by atoms with Gasteiger partial charge < -0.3 is 10.6 Å². The molecule has 1 rings (SSSR count). The first kappa shape index (κ1) is 14.5. The molecule has 2 N–H and O–H groups in total. The van der Waals surface area contributed by atoms with Gasteiger partial charge in [-0.05, 0) is 19.1 Å². The van der Waals surface area contributed by atoms with Gasteiger partial charge in [0, 0.05) is 18.7 Å². The van der Waals surface area contributed by atoms with Gasteiger partial charge in [0.15, 0.2) is 0 Å². The molecule has 6 heteroatoms. The van der Waals surface area contributed by atoms with Crippen molar-refractivity contribution in [3.63, 3.8) is 0 Å². The molecule has 0 radical (unpaired) electrons. The van der Waals surface area contributed by atoms with E-state index in [1.54, 1.807) is 24.3 Å². The normalized spacial score (nSPS) is 11.3. The minimum absolute atomic E-state index is 0.0805. The second-order valence-corrected chi connectivity index (χ2v) is 3.91. The van der Waals surface area contributed by atoms with Crippen molar-refractivity contribution in [2.45, 2.75) is 13.1 Å². The monoisotopic (exact) mass is 260 g/mol. The molecule has 0 bridgehead atoms. The number of nitrogens with one attached hydrogen (secondary N) is 2. The van der Waals surface area contributed by atoms with Crippen molar-refractivity contribution in [3.8, 4) is 0 Å². The van der Waals surface area contributed by atoms with Crippen LogP contribution < -0.4 is 10.6 Å². The number of halogens is 3. The van der Waals surface area contributed by atoms with Crippen molar-refractivity contribution in [2.75, 3.05) is 19.6 Å². The summed E-state index contributed by atoms with van der Waals surface area (Å²) in [4.78, 5) is 11.6. The third-order valence-corrected chi connectivity index (χ3v) is 2.23. The number of carbonyl (C=O) groups is 1. The van der Waals surface area contributed by atoms with Crippen molar-refractivity contribution >= 4 is 5.91 Å². The van der Waals surface area contributed by atoms with Crippen LogP contribution in [0.25, 0.3) is 0 Å². The first-order valence-electron chi connectivity index (χ1n) is 5.51. The molecule has 0 aromatic heterocycles. The van der Waals surface area contributed by atoms with Crippen LogP contribution in [0.3, 0.4) is 0 Å². The van der Waals surface area contributed by atoms with Crippen molar-refractivity contribution in [1.82, 2.24) is 10.6 Å². The van der Waals surface area contributed by atoms with Gasteiger partial charge >= 0.3 is 6.18 Å². The summed E-state index contributed by atoms with van der Waals surface area (Å²) >= 11 is 0. The zero-order chi connectivity index (χ0) is 13.6. The lowest BCUT2D eigenvalue weighted by Gasteiger charge is -2.09. The fraction of sp³-hybridized carbons (Fsp3) is 0.417. The van der Waals surface area contributed by atoms with Crippen LogP contribution in [-0.2, 0) is 0 Å². The fourth-order valence-corrected chi connectivity index (χ4v) is 1.30. The van der Waals surface area contributed by atoms with Crippen LogP contribution in [0.1, 0.15) is 15.9 Å². The molecule has 0 aliphatic carbocycles. The van der Waals surface area contributed by atoms with E-state index in [1.807, 2.05) is 6.92 Å². The van der Waals surface area contributed by atoms with Gasteiger partial charge in [-0.3, -0.25) is 4.79 Å². The van der Waals surface area contributed by atoms with Crippen LogP contribution in [0, 0.1) is 6.92 Å². The quantitative estimate of drug-likeness (QED) is 0.794. The summed E-state index contributed by atoms with van der Waals surface area (Å²) in [7, 11) is 0. The summed E-state index contributed by atoms with van der Waals surface area (Å²) in [5, 5.41) is 4.74. The van der Waals surface area contributed by atoms with Gasteiger partial charge in [-0.25, -0.2) is 0 Å². The minimum Gasteiger partial charge on any atom is -0.351 e. The van der Waals surface area contributed by atoms with E-state index in [1.165, 1.54) is 0 Å². The molecule has 100 valence electrons. The molecule has 1 amide bonds. The summed E-state index contributed by atoms with van der Waals surface area (Å²) in [6, 6.07) is 6.95. The molecule has 3 nitrogen and oxygen atoms in total. The molecule has 0 fully saturated rings. The topological polar surface area (TPSA) is 41.1 Å². The first-order valence-corrected chi connectivity index (χ1v) is 5.51. The molecule has 1 aromatic carbocycles. The molecule has 0 aliphatic heterocycles. The number of hydrogen-bond donors (Lipinski definition) is 2. The lowest BCUT2D eigenvalue weighted by molar-refractivity contribution is -0.124. The van der Waals surface area contributed by atoms with Gasteiger partial charge in [0.25, 0.3) is 5.91 Å². The lowest BCUT2D eigenvalue weighted by Crippen LogP contribution is -2.36. The zero-order valence-corrected chi connectivity index (χ0v) is 9.97. The van der Waals surface area contributed by atoms with Gasteiger partial charge in [0.05, 0.1) is 6.54 Å². The molecule has 0 atom stereocenters. The standard InChI is InChI=1S/C12H15F3N2O/c1-9-2-4-10(5-3-9)11(18)17-7-6-16-8-12(13,14)15/h2-5,16H,6-8H2,1H3,(H,17,18). The van der Waals surface area contributed by atoms with Gasteiger partial charge in [-0.1, -0.05) is 17.7 Å². The van der Waals surface area contributed by atoms with E-state index in [9.17, 15) is 18.0 Å². The Labute approximate surface area is 103 Å². The van der Waals surface area contributed by atoms with Gasteiger partial charge in [0.1, 0.15) is 0 Å². The molecule has 0 spiro atoms. The van der Waals surface area contributed by atoms with Crippen LogP contribution in [0.4, 0.5) is 13.2 Å². The Morgan fingerprint density at radius 2 is 1.78 bits per heavy atom. The van der Waals surface area contributed by atoms with E-state index in [-0.39, 0.29) is 19.0 Å². The molecule has 0 unspecified atom stereocenters. The fourth-order valence-electron chi connectivity index (χ4n) is 1.30. The second-order valence-electron chi connectivity index (χ2n) is 3.91. The Kier molecular flexibility index (Phi) is 5.15. The largest absolute Gasteiger partial charge is 0.401 e. The molecule has 18 heavy (non-hydrogen) atoms. The second kappa shape index (κ2) is 6.39. The van der Waals surface area contributed by atoms with Crippen LogP contribution in [0.2, 0.25) is 0 Å². The van der Waals surface area contributed by atoms with Gasteiger partial charge in [-0.15, -0.1) is 0 Å². The summed E-state index contributed by atoms with van der Waals surface area (Å²) in [5.74, 6) is -0.288. The highest BCUT2D eigenvalue weighted by molar-refractivity contribution is 5.94. The summed E-state index contributed by atoms with van der Waals surface area (Å²) in [6.07, 6.45) is -4.22. The Balaban J connectivity index is 2.24. The Morgan fingerprint density at radius 1 is 1.17 bits per heavy atom. The highest BCUT2D eigenvalue weighted by atomic mass is 19.4. The summed E-state index contributed by atoms with van der Waals surface area (Å²) in [5.41, 5.74) is 1.54. The third-order valence-electron chi connectivity index (χ3n) is 2.23. The molecular weight excluding hydrogens is 245 g/mol. The maximum atomic E-state index is 11.8. The van der Waals surface area contributed by atoms with Crippen molar-refractivity contribution in [3.05, 3.63) is 35.4 Å². The number of aryl methyl sites for hydroxylation is 1. The average molecular weight is 260 g/mol. The van der Waals surface area contributed by atoms with Crippen LogP contribution in [0.15, 0.2) is 24.3 Å². The number of carbonyl (C=O) groups excluding carboxylic acids is 1. The Morgan fingerprint density at radius 3 is 2.33 bits per heavy atom. The molecule has 0 saturated heterocycles. The molecule has 0 aliphatic rings. The number of benzene rings is 1. The number of amides is 1. The predicted octanol–water partition coefficient (Wildman–Crippen LogP) is 1.88. The van der Waals surface area contributed by atoms with E-state index in [4.69, 9.17) is 0 Å². The smallest absolute Gasteiger partial charge is 0.351 e. The maximum absolute atomic E-state index is 11.8. The van der Waals surface area contributed by atoms with Gasteiger partial charge in [-0.2, -0.15) is 13.2 Å². The van der Waals surface area contributed by atoms with E-state index in [2.05, 4.69) is 10.6 Å². The SMILES string of the molecule is Cc1ccc(C(=O)NCCNCC(F)(F)F)cc1. The highest BCUT2D eigenvalue weighted by Crippen LogP contribution is 2.11. The lowest BCUT2D eigenvalue weighted by atomic mass is 10.1. The van der Waals surface area contributed by atoms with Crippen LogP contribution in [0.5, 0.6) is 0 Å². The van der Waals surface area contributed by atoms with Crippen molar-refractivity contribution in [1.29, 1.82) is 0 Å². The average Bonchev–Trinajstić information content (AvgIpc) is 2.27. The van der Waals surface area contributed by atoms with E-state index >= 15 is 0 Å². The highest BCUT2D eigenvalue weighted by Gasteiger charge is 2.25. The molecular formula is C12H15F3N2O. The molecule has 0 saturated carbocycles. The predicted molar refractivity (Wildman–Crippen MR) is 62.4 cm³/mol. The number of rotatable bonds is 5. The Hall–Kier alpha value is -1.56.